The van der Waals surface area contributed by atoms with Gasteiger partial charge in [0.15, 0.2) is 0 Å². The molecular weight excluding hydrogens is 292 g/mol. The van der Waals surface area contributed by atoms with Gasteiger partial charge in [-0.05, 0) is 40.4 Å². The average Bonchev–Trinajstić information content (AvgIpc) is 2.65. The number of nitrogens with zero attached hydrogens (tertiary/aromatic N) is 3. The van der Waals surface area contributed by atoms with Crippen molar-refractivity contribution in [1.29, 1.82) is 0 Å². The number of aryl methyl sites for hydroxylation is 2. The zero-order valence-corrected chi connectivity index (χ0v) is 12.6. The number of nitrogens with one attached hydrogen (secondary N) is 1. The van der Waals surface area contributed by atoms with Crippen molar-refractivity contribution in [1.82, 2.24) is 14.8 Å². The molecule has 0 radical (unpaired) electrons. The van der Waals surface area contributed by atoms with Crippen LogP contribution >= 0.6 is 15.9 Å². The van der Waals surface area contributed by atoms with Crippen LogP contribution in [-0.4, -0.2) is 14.8 Å². The maximum Gasteiger partial charge on any atom is 0.130 e. The Kier molecular flexibility index (Phi) is 3.71. The van der Waals surface area contributed by atoms with Gasteiger partial charge in [-0.1, -0.05) is 13.8 Å². The molecular formula is C13H17BrN4. The smallest absolute Gasteiger partial charge is 0.130 e. The minimum atomic E-state index is 0.380. The first-order valence-electron chi connectivity index (χ1n) is 5.90. The Morgan fingerprint density at radius 2 is 2.11 bits per heavy atom. The number of hydrogen-bond acceptors (Lipinski definition) is 3. The maximum absolute atomic E-state index is 4.46. The summed E-state index contributed by atoms with van der Waals surface area (Å²) in [7, 11) is 1.93. The highest BCUT2D eigenvalue weighted by molar-refractivity contribution is 9.10. The molecule has 0 bridgehead atoms. The SMILES string of the molecule is Cc1cc(Nc2cn(C)nc2C(C)C)ncc1Br. The molecule has 2 heterocycles. The van der Waals surface area contributed by atoms with E-state index in [-0.39, 0.29) is 0 Å². The molecule has 2 aromatic rings. The number of rotatable bonds is 3. The molecule has 0 atom stereocenters. The maximum atomic E-state index is 4.46. The Labute approximate surface area is 116 Å². The fourth-order valence-electron chi connectivity index (χ4n) is 1.77. The van der Waals surface area contributed by atoms with Crippen molar-refractivity contribution in [3.8, 4) is 0 Å². The van der Waals surface area contributed by atoms with Gasteiger partial charge in [-0.25, -0.2) is 4.98 Å². The molecule has 96 valence electrons. The van der Waals surface area contributed by atoms with Gasteiger partial charge in [0.05, 0.1) is 11.4 Å². The molecule has 0 aliphatic heterocycles. The minimum absolute atomic E-state index is 0.380. The van der Waals surface area contributed by atoms with E-state index in [1.54, 1.807) is 0 Å². The molecule has 0 aromatic carbocycles. The van der Waals surface area contributed by atoms with Crippen LogP contribution in [0.25, 0.3) is 0 Å². The van der Waals surface area contributed by atoms with Gasteiger partial charge in [0, 0.05) is 23.9 Å². The van der Waals surface area contributed by atoms with Gasteiger partial charge in [0.25, 0.3) is 0 Å². The summed E-state index contributed by atoms with van der Waals surface area (Å²) in [5.41, 5.74) is 3.23. The molecule has 0 saturated carbocycles. The number of pyridine rings is 1. The van der Waals surface area contributed by atoms with Crippen LogP contribution in [0.4, 0.5) is 11.5 Å². The Morgan fingerprint density at radius 1 is 1.39 bits per heavy atom. The molecule has 0 unspecified atom stereocenters. The van der Waals surface area contributed by atoms with Crippen molar-refractivity contribution < 1.29 is 0 Å². The Balaban J connectivity index is 2.30. The summed E-state index contributed by atoms with van der Waals surface area (Å²) in [4.78, 5) is 4.35. The van der Waals surface area contributed by atoms with Crippen LogP contribution < -0.4 is 5.32 Å². The zero-order chi connectivity index (χ0) is 13.3. The molecule has 0 spiro atoms. The van der Waals surface area contributed by atoms with Crippen molar-refractivity contribution in [2.24, 2.45) is 7.05 Å². The first-order valence-corrected chi connectivity index (χ1v) is 6.69. The number of anilines is 2. The zero-order valence-electron chi connectivity index (χ0n) is 11.0. The second-order valence-corrected chi connectivity index (χ2v) is 5.55. The second-order valence-electron chi connectivity index (χ2n) is 4.70. The van der Waals surface area contributed by atoms with E-state index < -0.39 is 0 Å². The lowest BCUT2D eigenvalue weighted by molar-refractivity contribution is 0.713. The van der Waals surface area contributed by atoms with Crippen molar-refractivity contribution in [3.63, 3.8) is 0 Å². The lowest BCUT2D eigenvalue weighted by Gasteiger charge is -2.08. The van der Waals surface area contributed by atoms with Crippen LogP contribution in [0.15, 0.2) is 22.9 Å². The quantitative estimate of drug-likeness (QED) is 0.939. The van der Waals surface area contributed by atoms with Crippen molar-refractivity contribution in [2.45, 2.75) is 26.7 Å². The molecule has 0 saturated heterocycles. The molecule has 0 aliphatic rings. The molecule has 2 rings (SSSR count). The Bertz CT molecular complexity index is 560. The topological polar surface area (TPSA) is 42.7 Å². The van der Waals surface area contributed by atoms with E-state index in [1.165, 1.54) is 0 Å². The van der Waals surface area contributed by atoms with E-state index in [9.17, 15) is 0 Å². The summed E-state index contributed by atoms with van der Waals surface area (Å²) < 4.78 is 2.84. The molecule has 0 aliphatic carbocycles. The normalized spacial score (nSPS) is 11.0. The average molecular weight is 309 g/mol. The fourth-order valence-corrected chi connectivity index (χ4v) is 1.99. The van der Waals surface area contributed by atoms with Gasteiger partial charge >= 0.3 is 0 Å². The third-order valence-electron chi connectivity index (χ3n) is 2.71. The Hall–Kier alpha value is -1.36. The molecule has 5 heteroatoms. The van der Waals surface area contributed by atoms with Gasteiger partial charge < -0.3 is 5.32 Å². The molecule has 0 amide bonds. The van der Waals surface area contributed by atoms with Gasteiger partial charge in [-0.2, -0.15) is 5.10 Å². The van der Waals surface area contributed by atoms with Crippen LogP contribution in [0.2, 0.25) is 0 Å². The van der Waals surface area contributed by atoms with Crippen molar-refractivity contribution in [2.75, 3.05) is 5.32 Å². The van der Waals surface area contributed by atoms with Crippen LogP contribution in [0.3, 0.4) is 0 Å². The lowest BCUT2D eigenvalue weighted by Crippen LogP contribution is -1.98. The summed E-state index contributed by atoms with van der Waals surface area (Å²) in [6.45, 7) is 6.31. The van der Waals surface area contributed by atoms with Crippen molar-refractivity contribution in [3.05, 3.63) is 34.2 Å². The first-order chi connectivity index (χ1) is 8.47. The number of halogens is 1. The van der Waals surface area contributed by atoms with E-state index >= 15 is 0 Å². The molecule has 2 aromatic heterocycles. The largest absolute Gasteiger partial charge is 0.337 e. The highest BCUT2D eigenvalue weighted by Gasteiger charge is 2.12. The van der Waals surface area contributed by atoms with Crippen LogP contribution in [0.1, 0.15) is 31.0 Å². The van der Waals surface area contributed by atoms with Crippen LogP contribution in [0.5, 0.6) is 0 Å². The fraction of sp³-hybridized carbons (Fsp3) is 0.385. The van der Waals surface area contributed by atoms with E-state index in [0.29, 0.717) is 5.92 Å². The highest BCUT2D eigenvalue weighted by atomic mass is 79.9. The van der Waals surface area contributed by atoms with Gasteiger partial charge in [0.1, 0.15) is 5.82 Å². The molecule has 18 heavy (non-hydrogen) atoms. The van der Waals surface area contributed by atoms with E-state index in [0.717, 1.165) is 27.2 Å². The van der Waals surface area contributed by atoms with Gasteiger partial charge in [-0.3, -0.25) is 4.68 Å². The predicted molar refractivity (Wildman–Crippen MR) is 77.3 cm³/mol. The summed E-state index contributed by atoms with van der Waals surface area (Å²) in [6, 6.07) is 2.02. The highest BCUT2D eigenvalue weighted by Crippen LogP contribution is 2.26. The third-order valence-corrected chi connectivity index (χ3v) is 3.54. The van der Waals surface area contributed by atoms with E-state index in [1.807, 2.05) is 37.1 Å². The summed E-state index contributed by atoms with van der Waals surface area (Å²) >= 11 is 3.45. The Morgan fingerprint density at radius 3 is 2.72 bits per heavy atom. The van der Waals surface area contributed by atoms with Crippen LogP contribution in [0, 0.1) is 6.92 Å². The molecule has 1 N–H and O–H groups in total. The van der Waals surface area contributed by atoms with Crippen molar-refractivity contribution >= 4 is 27.4 Å². The molecule has 0 fully saturated rings. The second kappa shape index (κ2) is 5.10. The van der Waals surface area contributed by atoms with E-state index in [2.05, 4.69) is 45.2 Å². The van der Waals surface area contributed by atoms with E-state index in [4.69, 9.17) is 0 Å². The number of aromatic nitrogens is 3. The number of hydrogen-bond donors (Lipinski definition) is 1. The molecule has 4 nitrogen and oxygen atoms in total. The standard InChI is InChI=1S/C13H17BrN4/c1-8(2)13-11(7-18(4)17-13)16-12-5-9(3)10(14)6-15-12/h5-8H,1-4H3,(H,15,16). The summed E-state index contributed by atoms with van der Waals surface area (Å²) in [6.07, 6.45) is 3.79. The monoisotopic (exact) mass is 308 g/mol. The van der Waals surface area contributed by atoms with Gasteiger partial charge in [-0.15, -0.1) is 0 Å². The minimum Gasteiger partial charge on any atom is -0.337 e. The van der Waals surface area contributed by atoms with Crippen LogP contribution in [-0.2, 0) is 7.05 Å². The summed E-state index contributed by atoms with van der Waals surface area (Å²) in [5.74, 6) is 1.22. The summed E-state index contributed by atoms with van der Waals surface area (Å²) in [5, 5.41) is 7.79. The van der Waals surface area contributed by atoms with Gasteiger partial charge in [0.2, 0.25) is 0 Å². The lowest BCUT2D eigenvalue weighted by atomic mass is 10.1. The predicted octanol–water partition coefficient (Wildman–Crippen LogP) is 3.75. The third kappa shape index (κ3) is 2.72. The first kappa shape index (κ1) is 13.1.